The summed E-state index contributed by atoms with van der Waals surface area (Å²) in [6.45, 7) is 6.75. The van der Waals surface area contributed by atoms with E-state index in [4.69, 9.17) is 10.3 Å². The summed E-state index contributed by atoms with van der Waals surface area (Å²) in [4.78, 5) is 19.0. The van der Waals surface area contributed by atoms with E-state index in [0.29, 0.717) is 24.7 Å². The van der Waals surface area contributed by atoms with E-state index in [1.807, 2.05) is 4.90 Å². The third-order valence-electron chi connectivity index (χ3n) is 5.51. The molecule has 2 aliphatic rings. The predicted octanol–water partition coefficient (Wildman–Crippen LogP) is 3.28. The van der Waals surface area contributed by atoms with Gasteiger partial charge in [-0.2, -0.15) is 4.98 Å². The Kier molecular flexibility index (Phi) is 4.84. The minimum Gasteiger partial charge on any atom is -0.339 e. The van der Waals surface area contributed by atoms with Crippen molar-refractivity contribution in [3.63, 3.8) is 0 Å². The fourth-order valence-corrected chi connectivity index (χ4v) is 4.07. The lowest BCUT2D eigenvalue weighted by Gasteiger charge is -2.34. The molecule has 6 nitrogen and oxygen atoms in total. The molecule has 1 unspecified atom stereocenters. The first-order chi connectivity index (χ1) is 11.9. The summed E-state index contributed by atoms with van der Waals surface area (Å²) < 4.78 is 5.46. The summed E-state index contributed by atoms with van der Waals surface area (Å²) in [6, 6.07) is 4.23. The monoisotopic (exact) mass is 376 g/mol. The lowest BCUT2D eigenvalue weighted by Crippen LogP contribution is -2.44. The predicted molar refractivity (Wildman–Crippen MR) is 102 cm³/mol. The number of nitrogens with zero attached hydrogens (tertiary/aromatic N) is 3. The van der Waals surface area contributed by atoms with Gasteiger partial charge >= 0.3 is 0 Å². The summed E-state index contributed by atoms with van der Waals surface area (Å²) in [5.74, 6) is 1.15. The van der Waals surface area contributed by atoms with E-state index in [9.17, 15) is 4.79 Å². The molecule has 1 aromatic heterocycles. The number of carbonyl (C=O) groups excluding carboxylic acids is 1. The van der Waals surface area contributed by atoms with Gasteiger partial charge in [0, 0.05) is 18.7 Å². The van der Waals surface area contributed by atoms with E-state index in [1.165, 1.54) is 5.56 Å². The van der Waals surface area contributed by atoms with Gasteiger partial charge in [-0.3, -0.25) is 4.79 Å². The minimum absolute atomic E-state index is 0. The Balaban J connectivity index is 0.00000196. The highest BCUT2D eigenvalue weighted by Gasteiger charge is 2.41. The van der Waals surface area contributed by atoms with E-state index in [1.54, 1.807) is 0 Å². The standard InChI is InChI=1S/C19H24N4O2.ClH/c1-11-7-12(2)16(13(3)8-11)23-10-14(9-15(23)24)17-21-18(22-25-17)19(20)5-4-6-19;/h7-8,14H,4-6,9-10,20H2,1-3H3;1H. The summed E-state index contributed by atoms with van der Waals surface area (Å²) in [5, 5.41) is 4.08. The summed E-state index contributed by atoms with van der Waals surface area (Å²) in [6.07, 6.45) is 3.28. The van der Waals surface area contributed by atoms with Gasteiger partial charge in [-0.1, -0.05) is 22.9 Å². The smallest absolute Gasteiger partial charge is 0.232 e. The molecule has 140 valence electrons. The van der Waals surface area contributed by atoms with Gasteiger partial charge in [0.25, 0.3) is 0 Å². The maximum absolute atomic E-state index is 12.6. The van der Waals surface area contributed by atoms with Gasteiger partial charge in [-0.25, -0.2) is 0 Å². The number of halogens is 1. The Morgan fingerprint density at radius 3 is 2.46 bits per heavy atom. The quantitative estimate of drug-likeness (QED) is 0.888. The highest BCUT2D eigenvalue weighted by atomic mass is 35.5. The maximum atomic E-state index is 12.6. The number of carbonyl (C=O) groups is 1. The fraction of sp³-hybridized carbons (Fsp3) is 0.526. The van der Waals surface area contributed by atoms with E-state index >= 15 is 0 Å². The first-order valence-electron chi connectivity index (χ1n) is 8.88. The number of amides is 1. The largest absolute Gasteiger partial charge is 0.339 e. The van der Waals surface area contributed by atoms with Crippen LogP contribution in [0.4, 0.5) is 5.69 Å². The van der Waals surface area contributed by atoms with Crippen molar-refractivity contribution < 1.29 is 9.32 Å². The van der Waals surface area contributed by atoms with Crippen molar-refractivity contribution in [3.05, 3.63) is 40.5 Å². The molecular formula is C19H25ClN4O2. The zero-order valence-corrected chi connectivity index (χ0v) is 16.2. The van der Waals surface area contributed by atoms with E-state index in [-0.39, 0.29) is 24.2 Å². The number of aromatic nitrogens is 2. The first-order valence-corrected chi connectivity index (χ1v) is 8.88. The molecule has 1 aliphatic carbocycles. The number of nitrogens with two attached hydrogens (primary N) is 1. The number of hydrogen-bond donors (Lipinski definition) is 1. The molecule has 2 fully saturated rings. The molecule has 1 saturated heterocycles. The van der Waals surface area contributed by atoms with Crippen molar-refractivity contribution in [2.75, 3.05) is 11.4 Å². The Morgan fingerprint density at radius 1 is 1.23 bits per heavy atom. The average Bonchev–Trinajstić information content (AvgIpc) is 3.12. The van der Waals surface area contributed by atoms with Gasteiger partial charge in [-0.15, -0.1) is 12.4 Å². The zero-order valence-electron chi connectivity index (χ0n) is 15.4. The molecule has 1 aromatic carbocycles. The van der Waals surface area contributed by atoms with Gasteiger partial charge in [0.2, 0.25) is 11.8 Å². The Morgan fingerprint density at radius 2 is 1.88 bits per heavy atom. The van der Waals surface area contributed by atoms with Crippen LogP contribution in [0, 0.1) is 20.8 Å². The van der Waals surface area contributed by atoms with Crippen molar-refractivity contribution in [2.45, 2.75) is 57.9 Å². The molecule has 4 rings (SSSR count). The van der Waals surface area contributed by atoms with Gasteiger partial charge in [0.15, 0.2) is 5.82 Å². The molecule has 2 heterocycles. The Bertz CT molecular complexity index is 821. The van der Waals surface area contributed by atoms with Crippen LogP contribution < -0.4 is 10.6 Å². The van der Waals surface area contributed by atoms with Crippen molar-refractivity contribution in [1.82, 2.24) is 10.1 Å². The van der Waals surface area contributed by atoms with Crippen LogP contribution >= 0.6 is 12.4 Å². The molecule has 1 saturated carbocycles. The molecule has 0 spiro atoms. The number of anilines is 1. The fourth-order valence-electron chi connectivity index (χ4n) is 4.07. The molecule has 2 N–H and O–H groups in total. The Labute approximate surface area is 159 Å². The lowest BCUT2D eigenvalue weighted by atomic mass is 9.77. The zero-order chi connectivity index (χ0) is 17.8. The second-order valence-corrected chi connectivity index (χ2v) is 7.62. The molecule has 0 bridgehead atoms. The average molecular weight is 377 g/mol. The third-order valence-corrected chi connectivity index (χ3v) is 5.51. The third kappa shape index (κ3) is 3.01. The van der Waals surface area contributed by atoms with Crippen LogP contribution in [-0.2, 0) is 10.3 Å². The number of benzene rings is 1. The topological polar surface area (TPSA) is 85.2 Å². The van der Waals surface area contributed by atoms with Crippen LogP contribution in [0.3, 0.4) is 0 Å². The van der Waals surface area contributed by atoms with E-state index in [2.05, 4.69) is 43.0 Å². The summed E-state index contributed by atoms with van der Waals surface area (Å²) in [5.41, 5.74) is 10.3. The van der Waals surface area contributed by atoms with Crippen LogP contribution in [0.2, 0.25) is 0 Å². The molecule has 0 radical (unpaired) electrons. The first kappa shape index (κ1) is 18.9. The molecule has 1 atom stereocenters. The van der Waals surface area contributed by atoms with Crippen LogP contribution in [0.5, 0.6) is 0 Å². The highest BCUT2D eigenvalue weighted by molar-refractivity contribution is 5.97. The molecule has 1 aliphatic heterocycles. The van der Waals surface area contributed by atoms with Crippen molar-refractivity contribution >= 4 is 24.0 Å². The van der Waals surface area contributed by atoms with Crippen LogP contribution in [0.25, 0.3) is 0 Å². The van der Waals surface area contributed by atoms with Crippen LogP contribution in [0.1, 0.15) is 60.0 Å². The van der Waals surface area contributed by atoms with Gasteiger partial charge in [-0.05, 0) is 51.2 Å². The molecule has 2 aromatic rings. The van der Waals surface area contributed by atoms with Gasteiger partial charge < -0.3 is 15.2 Å². The number of rotatable bonds is 3. The normalized spacial score (nSPS) is 21.5. The highest BCUT2D eigenvalue weighted by Crippen LogP contribution is 2.39. The number of hydrogen-bond acceptors (Lipinski definition) is 5. The molecular weight excluding hydrogens is 352 g/mol. The second-order valence-electron chi connectivity index (χ2n) is 7.62. The summed E-state index contributed by atoms with van der Waals surface area (Å²) in [7, 11) is 0. The molecule has 1 amide bonds. The minimum atomic E-state index is -0.436. The van der Waals surface area contributed by atoms with Crippen LogP contribution in [0.15, 0.2) is 16.7 Å². The van der Waals surface area contributed by atoms with E-state index in [0.717, 1.165) is 36.1 Å². The molecule has 26 heavy (non-hydrogen) atoms. The number of aryl methyl sites for hydroxylation is 3. The second kappa shape index (κ2) is 6.67. The van der Waals surface area contributed by atoms with Crippen molar-refractivity contribution in [1.29, 1.82) is 0 Å². The van der Waals surface area contributed by atoms with Crippen LogP contribution in [-0.4, -0.2) is 22.6 Å². The Hall–Kier alpha value is -1.92. The van der Waals surface area contributed by atoms with Gasteiger partial charge in [0.05, 0.1) is 11.5 Å². The molecule has 7 heteroatoms. The van der Waals surface area contributed by atoms with E-state index < -0.39 is 5.54 Å². The lowest BCUT2D eigenvalue weighted by molar-refractivity contribution is -0.117. The van der Waals surface area contributed by atoms with Crippen molar-refractivity contribution in [3.8, 4) is 0 Å². The van der Waals surface area contributed by atoms with Crippen molar-refractivity contribution in [2.24, 2.45) is 5.73 Å². The summed E-state index contributed by atoms with van der Waals surface area (Å²) >= 11 is 0. The van der Waals surface area contributed by atoms with Gasteiger partial charge in [0.1, 0.15) is 0 Å². The SMILES string of the molecule is Cc1cc(C)c(N2CC(c3nc(C4(N)CCC4)no3)CC2=O)c(C)c1.Cl. The maximum Gasteiger partial charge on any atom is 0.232 e.